The number of aromatic amines is 1. The van der Waals surface area contributed by atoms with E-state index in [9.17, 15) is 9.59 Å². The number of hydrogen-bond donors (Lipinski definition) is 3. The molecule has 1 aliphatic rings. The van der Waals surface area contributed by atoms with E-state index in [0.717, 1.165) is 25.9 Å². The van der Waals surface area contributed by atoms with Crippen LogP contribution in [0.5, 0.6) is 0 Å². The molecule has 1 fully saturated rings. The lowest BCUT2D eigenvalue weighted by Crippen LogP contribution is -2.37. The zero-order valence-corrected chi connectivity index (χ0v) is 12.8. The van der Waals surface area contributed by atoms with Crippen LogP contribution in [0.4, 0.5) is 0 Å². The lowest BCUT2D eigenvalue weighted by molar-refractivity contribution is 0.0690. The van der Waals surface area contributed by atoms with Crippen molar-refractivity contribution in [3.8, 4) is 0 Å². The van der Waals surface area contributed by atoms with E-state index in [0.29, 0.717) is 29.3 Å². The number of nitrogens with zero attached hydrogens (tertiary/aromatic N) is 1. The van der Waals surface area contributed by atoms with Crippen LogP contribution < -0.4 is 5.32 Å². The average Bonchev–Trinajstić information content (AvgIpc) is 2.73. The number of carboxylic acids is 1. The third-order valence-corrected chi connectivity index (χ3v) is 4.27. The molecule has 1 aromatic rings. The summed E-state index contributed by atoms with van der Waals surface area (Å²) in [6, 6.07) is 0. The molecule has 21 heavy (non-hydrogen) atoms. The monoisotopic (exact) mass is 293 g/mol. The van der Waals surface area contributed by atoms with E-state index in [1.165, 1.54) is 0 Å². The normalized spacial score (nSPS) is 16.9. The maximum atomic E-state index is 12.3. The van der Waals surface area contributed by atoms with E-state index >= 15 is 0 Å². The second kappa shape index (κ2) is 6.30. The standard InChI is InChI=1S/C15H23N3O3/c1-9-12(10(2)17-13(9)15(20)21)14(19)16-8-11-4-6-18(3)7-5-11/h11,17H,4-8H2,1-3H3,(H,16,19)(H,20,21). The molecule has 2 rings (SSSR count). The molecule has 0 bridgehead atoms. The van der Waals surface area contributed by atoms with Gasteiger partial charge in [-0.15, -0.1) is 0 Å². The molecule has 6 heteroatoms. The highest BCUT2D eigenvalue weighted by Gasteiger charge is 2.23. The van der Waals surface area contributed by atoms with Crippen LogP contribution in [0.15, 0.2) is 0 Å². The molecule has 1 aromatic heterocycles. The number of carbonyl (C=O) groups excluding carboxylic acids is 1. The van der Waals surface area contributed by atoms with Gasteiger partial charge in [0.05, 0.1) is 5.56 Å². The van der Waals surface area contributed by atoms with Gasteiger partial charge in [-0.3, -0.25) is 4.79 Å². The Morgan fingerprint density at radius 1 is 1.33 bits per heavy atom. The first-order valence-corrected chi connectivity index (χ1v) is 7.29. The van der Waals surface area contributed by atoms with Gasteiger partial charge in [0.2, 0.25) is 0 Å². The number of piperidine rings is 1. The molecule has 0 radical (unpaired) electrons. The van der Waals surface area contributed by atoms with Crippen molar-refractivity contribution in [1.82, 2.24) is 15.2 Å². The number of aryl methyl sites for hydroxylation is 1. The Morgan fingerprint density at radius 2 is 1.95 bits per heavy atom. The summed E-state index contributed by atoms with van der Waals surface area (Å²) < 4.78 is 0. The summed E-state index contributed by atoms with van der Waals surface area (Å²) in [6.45, 7) is 6.16. The number of amides is 1. The van der Waals surface area contributed by atoms with Gasteiger partial charge >= 0.3 is 5.97 Å². The Hall–Kier alpha value is -1.82. The van der Waals surface area contributed by atoms with Crippen LogP contribution in [0, 0.1) is 19.8 Å². The number of carboxylic acid groups (broad SMARTS) is 1. The number of rotatable bonds is 4. The van der Waals surface area contributed by atoms with Gasteiger partial charge in [0.15, 0.2) is 0 Å². The Bertz CT molecular complexity index is 543. The number of H-pyrrole nitrogens is 1. The fraction of sp³-hybridized carbons (Fsp3) is 0.600. The minimum absolute atomic E-state index is 0.0944. The number of aromatic carboxylic acids is 1. The van der Waals surface area contributed by atoms with Crippen LogP contribution in [-0.4, -0.2) is 53.5 Å². The van der Waals surface area contributed by atoms with Crippen molar-refractivity contribution < 1.29 is 14.7 Å². The molecule has 3 N–H and O–H groups in total. The van der Waals surface area contributed by atoms with Crippen LogP contribution in [0.25, 0.3) is 0 Å². The highest BCUT2D eigenvalue weighted by molar-refractivity contribution is 6.00. The summed E-state index contributed by atoms with van der Waals surface area (Å²) in [6.07, 6.45) is 2.17. The van der Waals surface area contributed by atoms with Crippen LogP contribution in [0.2, 0.25) is 0 Å². The van der Waals surface area contributed by atoms with Crippen molar-refractivity contribution in [2.75, 3.05) is 26.7 Å². The number of nitrogens with one attached hydrogen (secondary N) is 2. The zero-order chi connectivity index (χ0) is 15.6. The Morgan fingerprint density at radius 3 is 2.48 bits per heavy atom. The fourth-order valence-corrected chi connectivity index (χ4v) is 2.90. The Kier molecular flexibility index (Phi) is 4.67. The summed E-state index contributed by atoms with van der Waals surface area (Å²) in [4.78, 5) is 28.4. The van der Waals surface area contributed by atoms with Crippen molar-refractivity contribution in [3.63, 3.8) is 0 Å². The summed E-state index contributed by atoms with van der Waals surface area (Å²) in [7, 11) is 2.11. The van der Waals surface area contributed by atoms with E-state index in [1.54, 1.807) is 13.8 Å². The van der Waals surface area contributed by atoms with Gasteiger partial charge in [0, 0.05) is 12.2 Å². The minimum atomic E-state index is -1.04. The van der Waals surface area contributed by atoms with Crippen LogP contribution in [0.3, 0.4) is 0 Å². The molecule has 1 aliphatic heterocycles. The first kappa shape index (κ1) is 15.6. The van der Waals surface area contributed by atoms with Gasteiger partial charge in [-0.1, -0.05) is 0 Å². The molecule has 0 aliphatic carbocycles. The molecule has 2 heterocycles. The highest BCUT2D eigenvalue weighted by Crippen LogP contribution is 2.19. The summed E-state index contributed by atoms with van der Waals surface area (Å²) in [5.74, 6) is -0.721. The van der Waals surface area contributed by atoms with Crippen molar-refractivity contribution >= 4 is 11.9 Å². The van der Waals surface area contributed by atoms with Gasteiger partial charge in [-0.05, 0) is 58.3 Å². The molecule has 116 valence electrons. The van der Waals surface area contributed by atoms with Gasteiger partial charge in [0.1, 0.15) is 5.69 Å². The van der Waals surface area contributed by atoms with Crippen molar-refractivity contribution in [2.45, 2.75) is 26.7 Å². The largest absolute Gasteiger partial charge is 0.477 e. The van der Waals surface area contributed by atoms with E-state index in [1.807, 2.05) is 0 Å². The highest BCUT2D eigenvalue weighted by atomic mass is 16.4. The van der Waals surface area contributed by atoms with E-state index < -0.39 is 5.97 Å². The van der Waals surface area contributed by atoms with Gasteiger partial charge in [-0.25, -0.2) is 4.79 Å². The van der Waals surface area contributed by atoms with Gasteiger partial charge < -0.3 is 20.3 Å². The lowest BCUT2D eigenvalue weighted by Gasteiger charge is -2.28. The predicted octanol–water partition coefficient (Wildman–Crippen LogP) is 1.40. The smallest absolute Gasteiger partial charge is 0.352 e. The third-order valence-electron chi connectivity index (χ3n) is 4.27. The van der Waals surface area contributed by atoms with Gasteiger partial charge in [-0.2, -0.15) is 0 Å². The predicted molar refractivity (Wildman–Crippen MR) is 79.8 cm³/mol. The van der Waals surface area contributed by atoms with Crippen LogP contribution in [0.1, 0.15) is 44.9 Å². The average molecular weight is 293 g/mol. The van der Waals surface area contributed by atoms with E-state index in [4.69, 9.17) is 5.11 Å². The molecule has 0 unspecified atom stereocenters. The van der Waals surface area contributed by atoms with Crippen molar-refractivity contribution in [3.05, 3.63) is 22.5 Å². The van der Waals surface area contributed by atoms with E-state index in [2.05, 4.69) is 22.2 Å². The molecular weight excluding hydrogens is 270 g/mol. The molecule has 0 saturated carbocycles. The number of likely N-dealkylation sites (tertiary alicyclic amines) is 1. The third kappa shape index (κ3) is 3.44. The minimum Gasteiger partial charge on any atom is -0.477 e. The number of aromatic nitrogens is 1. The molecular formula is C15H23N3O3. The molecule has 1 amide bonds. The number of hydrogen-bond acceptors (Lipinski definition) is 3. The second-order valence-corrected chi connectivity index (χ2v) is 5.89. The zero-order valence-electron chi connectivity index (χ0n) is 12.8. The van der Waals surface area contributed by atoms with Crippen molar-refractivity contribution in [2.24, 2.45) is 5.92 Å². The fourth-order valence-electron chi connectivity index (χ4n) is 2.90. The molecule has 6 nitrogen and oxygen atoms in total. The maximum absolute atomic E-state index is 12.3. The molecule has 0 atom stereocenters. The summed E-state index contributed by atoms with van der Waals surface area (Å²) >= 11 is 0. The van der Waals surface area contributed by atoms with Crippen LogP contribution >= 0.6 is 0 Å². The quantitative estimate of drug-likeness (QED) is 0.783. The maximum Gasteiger partial charge on any atom is 0.352 e. The summed E-state index contributed by atoms with van der Waals surface area (Å²) in [5, 5.41) is 12.0. The summed E-state index contributed by atoms with van der Waals surface area (Å²) in [5.41, 5.74) is 1.66. The van der Waals surface area contributed by atoms with Gasteiger partial charge in [0.25, 0.3) is 5.91 Å². The first-order valence-electron chi connectivity index (χ1n) is 7.29. The Labute approximate surface area is 124 Å². The lowest BCUT2D eigenvalue weighted by atomic mass is 9.97. The van der Waals surface area contributed by atoms with Crippen LogP contribution in [-0.2, 0) is 0 Å². The number of carbonyl (C=O) groups is 2. The molecule has 0 spiro atoms. The SMILES string of the molecule is Cc1[nH]c(C(=O)O)c(C)c1C(=O)NCC1CCN(C)CC1. The molecule has 1 saturated heterocycles. The Balaban J connectivity index is 1.99. The van der Waals surface area contributed by atoms with Crippen molar-refractivity contribution in [1.29, 1.82) is 0 Å². The topological polar surface area (TPSA) is 85.4 Å². The first-order chi connectivity index (χ1) is 9.90. The molecule has 0 aromatic carbocycles. The second-order valence-electron chi connectivity index (χ2n) is 5.89. The van der Waals surface area contributed by atoms with E-state index in [-0.39, 0.29) is 11.6 Å².